The van der Waals surface area contributed by atoms with Gasteiger partial charge in [-0.25, -0.2) is 24.2 Å². The van der Waals surface area contributed by atoms with Gasteiger partial charge in [-0.3, -0.25) is 20.4 Å². The van der Waals surface area contributed by atoms with Crippen LogP contribution in [0.2, 0.25) is 0 Å². The fourth-order valence-corrected chi connectivity index (χ4v) is 4.89. The maximum absolute atomic E-state index is 12.4. The average molecular weight is 883 g/mol. The highest BCUT2D eigenvalue weighted by Gasteiger charge is 2.24. The van der Waals surface area contributed by atoms with E-state index in [1.165, 1.54) is 61.9 Å². The summed E-state index contributed by atoms with van der Waals surface area (Å²) < 4.78 is 51.0. The van der Waals surface area contributed by atoms with Crippen molar-refractivity contribution < 1.29 is 66.5 Å². The Morgan fingerprint density at radius 1 is 0.689 bits per heavy atom. The third kappa shape index (κ3) is 16.7. The average Bonchev–Trinajstić information content (AvgIpc) is 3.14. The molecule has 0 atom stereocenters. The number of hydrogen-bond acceptors (Lipinski definition) is 18. The van der Waals surface area contributed by atoms with Gasteiger partial charge in [0.1, 0.15) is 22.3 Å². The topological polar surface area (TPSA) is 269 Å². The molecule has 0 aliphatic carbocycles. The number of esters is 1. The van der Waals surface area contributed by atoms with Crippen LogP contribution in [0.3, 0.4) is 0 Å². The fraction of sp³-hybridized carbons (Fsp3) is 0.513. The molecule has 0 fully saturated rings. The molecular weight excluding hydrogens is 825 g/mol. The SMILES string of the molecule is COC(=O)c1cc(OC)c(OC)c(OC)c1N.COc1cc2c(=O)[nH]c(NC(=O)OC(C)(C)C)nc2c(OC)c1OC.CSC(=NC(=O)OC(C)(C)C)NC(=O)OC(C)(C)C. The smallest absolute Gasteiger partial charge is 0.436 e. The Balaban J connectivity index is 0.000000469. The number of anilines is 2. The molecule has 0 aliphatic heterocycles. The largest absolute Gasteiger partial charge is 0.493 e. The van der Waals surface area contributed by atoms with Crippen LogP contribution < -0.4 is 50.3 Å². The second kappa shape index (κ2) is 22.9. The molecule has 0 radical (unpaired) electrons. The Bertz CT molecular complexity index is 2100. The van der Waals surface area contributed by atoms with Gasteiger partial charge in [-0.15, -0.1) is 0 Å². The van der Waals surface area contributed by atoms with Gasteiger partial charge in [0.15, 0.2) is 28.2 Å². The Morgan fingerprint density at radius 2 is 1.16 bits per heavy atom. The van der Waals surface area contributed by atoms with Crippen LogP contribution in [0.25, 0.3) is 10.9 Å². The number of nitrogens with two attached hydrogens (primary N) is 1. The van der Waals surface area contributed by atoms with Crippen molar-refractivity contribution in [2.45, 2.75) is 79.1 Å². The molecular formula is C39H58N6O15S. The summed E-state index contributed by atoms with van der Waals surface area (Å²) in [5, 5.41) is 5.14. The number of nitrogen functional groups attached to an aromatic ring is 1. The number of hydrogen-bond donors (Lipinski definition) is 4. The van der Waals surface area contributed by atoms with Crippen LogP contribution in [0.15, 0.2) is 21.9 Å². The lowest BCUT2D eigenvalue weighted by molar-refractivity contribution is 0.0559. The summed E-state index contributed by atoms with van der Waals surface area (Å²) in [5.74, 6) is 1.12. The number of amidine groups is 1. The number of methoxy groups -OCH3 is 7. The van der Waals surface area contributed by atoms with E-state index in [1.807, 2.05) is 0 Å². The number of rotatable bonds is 8. The molecule has 3 aromatic rings. The molecule has 340 valence electrons. The predicted molar refractivity (Wildman–Crippen MR) is 230 cm³/mol. The van der Waals surface area contributed by atoms with E-state index in [9.17, 15) is 24.0 Å². The van der Waals surface area contributed by atoms with E-state index >= 15 is 0 Å². The minimum absolute atomic E-state index is 0.0720. The fourth-order valence-electron chi connectivity index (χ4n) is 4.54. The number of carbonyl (C=O) groups excluding carboxylic acids is 4. The molecule has 2 aromatic carbocycles. The van der Waals surface area contributed by atoms with Crippen LogP contribution in [0, 0.1) is 0 Å². The number of alkyl carbamates (subject to hydrolysis) is 1. The van der Waals surface area contributed by atoms with Gasteiger partial charge in [0, 0.05) is 6.07 Å². The molecule has 61 heavy (non-hydrogen) atoms. The van der Waals surface area contributed by atoms with Crippen molar-refractivity contribution in [1.29, 1.82) is 0 Å². The number of aromatic amines is 1. The molecule has 21 nitrogen and oxygen atoms in total. The number of nitrogens with one attached hydrogen (secondary N) is 3. The summed E-state index contributed by atoms with van der Waals surface area (Å²) in [4.78, 5) is 69.1. The third-order valence-corrected chi connectivity index (χ3v) is 7.36. The Labute approximate surface area is 358 Å². The number of H-pyrrole nitrogens is 1. The molecule has 3 amide bonds. The molecule has 1 aromatic heterocycles. The van der Waals surface area contributed by atoms with Gasteiger partial charge in [0.25, 0.3) is 5.56 Å². The molecule has 22 heteroatoms. The minimum Gasteiger partial charge on any atom is -0.493 e. The van der Waals surface area contributed by atoms with Crippen molar-refractivity contribution in [3.05, 3.63) is 28.0 Å². The zero-order chi connectivity index (χ0) is 47.0. The quantitative estimate of drug-likeness (QED) is 0.0614. The van der Waals surface area contributed by atoms with Crippen LogP contribution in [0.4, 0.5) is 26.0 Å². The Morgan fingerprint density at radius 3 is 1.61 bits per heavy atom. The predicted octanol–water partition coefficient (Wildman–Crippen LogP) is 6.54. The van der Waals surface area contributed by atoms with Crippen molar-refractivity contribution in [1.82, 2.24) is 15.3 Å². The zero-order valence-corrected chi connectivity index (χ0v) is 38.5. The first-order valence-corrected chi connectivity index (χ1v) is 19.2. The lowest BCUT2D eigenvalue weighted by Crippen LogP contribution is -2.35. The second-order valence-electron chi connectivity index (χ2n) is 14.9. The summed E-state index contributed by atoms with van der Waals surface area (Å²) >= 11 is 1.12. The highest BCUT2D eigenvalue weighted by molar-refractivity contribution is 8.13. The first-order chi connectivity index (χ1) is 28.2. The molecule has 5 N–H and O–H groups in total. The van der Waals surface area contributed by atoms with Crippen LogP contribution in [-0.4, -0.2) is 112 Å². The van der Waals surface area contributed by atoms with E-state index < -0.39 is 46.6 Å². The molecule has 1 heterocycles. The molecule has 0 aliphatic rings. The third-order valence-electron chi connectivity index (χ3n) is 6.78. The number of ether oxygens (including phenoxy) is 10. The summed E-state index contributed by atoms with van der Waals surface area (Å²) in [6.45, 7) is 15.6. The van der Waals surface area contributed by atoms with Crippen LogP contribution >= 0.6 is 11.8 Å². The van der Waals surface area contributed by atoms with Gasteiger partial charge in [-0.2, -0.15) is 4.99 Å². The summed E-state index contributed by atoms with van der Waals surface area (Å²) in [6, 6.07) is 2.93. The van der Waals surface area contributed by atoms with Gasteiger partial charge in [0.05, 0.1) is 66.4 Å². The minimum atomic E-state index is -0.757. The number of benzene rings is 2. The second-order valence-corrected chi connectivity index (χ2v) is 15.7. The Hall–Kier alpha value is -6.32. The number of aromatic nitrogens is 2. The molecule has 0 unspecified atom stereocenters. The lowest BCUT2D eigenvalue weighted by atomic mass is 10.1. The van der Waals surface area contributed by atoms with E-state index in [0.29, 0.717) is 23.0 Å². The monoisotopic (exact) mass is 882 g/mol. The number of carbonyl (C=O) groups is 4. The van der Waals surface area contributed by atoms with Gasteiger partial charge in [-0.05, 0) is 74.6 Å². The maximum atomic E-state index is 12.4. The van der Waals surface area contributed by atoms with Gasteiger partial charge >= 0.3 is 24.2 Å². The molecule has 0 saturated carbocycles. The van der Waals surface area contributed by atoms with Crippen molar-refractivity contribution >= 4 is 63.7 Å². The molecule has 0 bridgehead atoms. The van der Waals surface area contributed by atoms with Crippen molar-refractivity contribution in [2.24, 2.45) is 4.99 Å². The normalized spacial score (nSPS) is 11.3. The molecule has 3 rings (SSSR count). The standard InChI is InChI=1S/C16H21N3O6.C12H22N2O4S.C11H15NO5/c1-16(2,3)25-15(21)19-14-17-10-8(13(20)18-14)7-9(22-4)11(23-5)12(10)24-6;1-11(2,3)17-9(15)13-8(19-7)14-10(16)18-12(4,5)6;1-14-7-5-6(11(13)17-4)8(12)10(16-3)9(7)15-2/h7H,1-6H3,(H2,17,18,19,20,21);1-7H3,(H,13,14,15,16);5H,12H2,1-4H3. The van der Waals surface area contributed by atoms with E-state index in [-0.39, 0.29) is 44.8 Å². The van der Waals surface area contributed by atoms with Crippen LogP contribution in [-0.2, 0) is 18.9 Å². The summed E-state index contributed by atoms with van der Waals surface area (Å²) in [5.41, 5.74) is 3.94. The summed E-state index contributed by atoms with van der Waals surface area (Å²) in [7, 11) is 9.91. The molecule has 0 spiro atoms. The van der Waals surface area contributed by atoms with E-state index in [1.54, 1.807) is 68.6 Å². The molecule has 0 saturated heterocycles. The first-order valence-electron chi connectivity index (χ1n) is 18.0. The van der Waals surface area contributed by atoms with Gasteiger partial charge in [0.2, 0.25) is 17.4 Å². The van der Waals surface area contributed by atoms with Crippen molar-refractivity contribution in [3.63, 3.8) is 0 Å². The Kier molecular flexibility index (Phi) is 19.8. The number of nitrogens with zero attached hydrogens (tertiary/aromatic N) is 2. The summed E-state index contributed by atoms with van der Waals surface area (Å²) in [6.07, 6.45) is -0.480. The first kappa shape index (κ1) is 52.7. The van der Waals surface area contributed by atoms with E-state index in [4.69, 9.17) is 48.4 Å². The number of amides is 3. The zero-order valence-electron chi connectivity index (χ0n) is 37.7. The van der Waals surface area contributed by atoms with Gasteiger partial charge < -0.3 is 53.1 Å². The highest BCUT2D eigenvalue weighted by atomic mass is 32.2. The lowest BCUT2D eigenvalue weighted by Gasteiger charge is -2.20. The van der Waals surface area contributed by atoms with E-state index in [0.717, 1.165) is 11.8 Å². The van der Waals surface area contributed by atoms with Crippen molar-refractivity contribution in [3.8, 4) is 34.5 Å². The van der Waals surface area contributed by atoms with E-state index in [2.05, 4.69) is 30.3 Å². The maximum Gasteiger partial charge on any atom is 0.436 e. The van der Waals surface area contributed by atoms with Crippen LogP contribution in [0.1, 0.15) is 72.7 Å². The van der Waals surface area contributed by atoms with Crippen molar-refractivity contribution in [2.75, 3.05) is 67.1 Å². The number of aliphatic imine (C=N–C) groups is 1. The number of fused-ring (bicyclic) bond motifs is 1. The highest BCUT2D eigenvalue weighted by Crippen LogP contribution is 2.44. The van der Waals surface area contributed by atoms with Gasteiger partial charge in [-0.1, -0.05) is 11.8 Å². The number of thioether (sulfide) groups is 1. The van der Waals surface area contributed by atoms with Crippen LogP contribution in [0.5, 0.6) is 34.5 Å².